The van der Waals surface area contributed by atoms with Gasteiger partial charge in [0.15, 0.2) is 0 Å². The maximum Gasteiger partial charge on any atom is 0.270 e. The van der Waals surface area contributed by atoms with E-state index in [0.717, 1.165) is 29.8 Å². The van der Waals surface area contributed by atoms with Crippen molar-refractivity contribution >= 4 is 34.2 Å². The van der Waals surface area contributed by atoms with Gasteiger partial charge in [-0.1, -0.05) is 0 Å². The molecule has 108 valence electrons. The Kier molecular flexibility index (Phi) is 5.89. The number of nitrogens with one attached hydrogen (secondary N) is 1. The van der Waals surface area contributed by atoms with Gasteiger partial charge in [-0.05, 0) is 42.8 Å². The fourth-order valence-corrected chi connectivity index (χ4v) is 2.76. The summed E-state index contributed by atoms with van der Waals surface area (Å²) in [5.41, 5.74) is 0.769. The van der Waals surface area contributed by atoms with Crippen molar-refractivity contribution < 1.29 is 4.79 Å². The molecule has 0 radical (unpaired) electrons. The number of hydrogen-bond donors (Lipinski definition) is 1. The van der Waals surface area contributed by atoms with Gasteiger partial charge in [-0.25, -0.2) is 0 Å². The monoisotopic (exact) mass is 349 g/mol. The van der Waals surface area contributed by atoms with Crippen molar-refractivity contribution in [2.45, 2.75) is 32.9 Å². The molecular weight excluding hydrogens is 330 g/mol. The molecule has 1 aromatic rings. The van der Waals surface area contributed by atoms with Crippen LogP contribution < -0.4 is 5.32 Å². The molecule has 1 atom stereocenters. The Labute approximate surface area is 129 Å². The predicted octanol–water partition coefficient (Wildman–Crippen LogP) is 2.69. The van der Waals surface area contributed by atoms with Crippen molar-refractivity contribution in [2.75, 3.05) is 19.6 Å². The minimum Gasteiger partial charge on any atom is -0.340 e. The van der Waals surface area contributed by atoms with E-state index < -0.39 is 0 Å². The molecule has 0 aliphatic carbocycles. The van der Waals surface area contributed by atoms with Gasteiger partial charge in [0.2, 0.25) is 0 Å². The molecule has 2 rings (SSSR count). The highest BCUT2D eigenvalue weighted by Gasteiger charge is 2.24. The zero-order valence-electron chi connectivity index (χ0n) is 11.5. The van der Waals surface area contributed by atoms with E-state index in [-0.39, 0.29) is 24.4 Å². The molecule has 19 heavy (non-hydrogen) atoms. The Morgan fingerprint density at radius 1 is 1.53 bits per heavy atom. The SMILES string of the molecule is CC1CN(C(=O)c2cc(Br)cn2C(C)C)CCN1.Cl. The molecule has 1 saturated heterocycles. The molecule has 6 heteroatoms. The lowest BCUT2D eigenvalue weighted by atomic mass is 10.2. The van der Waals surface area contributed by atoms with Crippen LogP contribution in [0.5, 0.6) is 0 Å². The van der Waals surface area contributed by atoms with Gasteiger partial charge in [0.05, 0.1) is 0 Å². The highest BCUT2D eigenvalue weighted by Crippen LogP contribution is 2.21. The summed E-state index contributed by atoms with van der Waals surface area (Å²) in [7, 11) is 0. The third-order valence-electron chi connectivity index (χ3n) is 3.25. The van der Waals surface area contributed by atoms with Crippen molar-refractivity contribution in [3.05, 3.63) is 22.4 Å². The largest absolute Gasteiger partial charge is 0.340 e. The molecule has 1 aliphatic rings. The predicted molar refractivity (Wildman–Crippen MR) is 83.1 cm³/mol. The molecule has 1 amide bonds. The Balaban J connectivity index is 0.00000180. The van der Waals surface area contributed by atoms with Gasteiger partial charge in [0.1, 0.15) is 5.69 Å². The smallest absolute Gasteiger partial charge is 0.270 e. The summed E-state index contributed by atoms with van der Waals surface area (Å²) in [5.74, 6) is 0.128. The van der Waals surface area contributed by atoms with E-state index in [9.17, 15) is 4.79 Å². The van der Waals surface area contributed by atoms with Crippen LogP contribution >= 0.6 is 28.3 Å². The molecule has 0 spiro atoms. The van der Waals surface area contributed by atoms with Gasteiger partial charge in [0.25, 0.3) is 5.91 Å². The Morgan fingerprint density at radius 3 is 2.79 bits per heavy atom. The average molecular weight is 351 g/mol. The Morgan fingerprint density at radius 2 is 2.21 bits per heavy atom. The summed E-state index contributed by atoms with van der Waals surface area (Å²) < 4.78 is 2.99. The van der Waals surface area contributed by atoms with Crippen LogP contribution in [0.2, 0.25) is 0 Å². The number of rotatable bonds is 2. The standard InChI is InChI=1S/C13H20BrN3O.ClH/c1-9(2)17-8-11(14)6-12(17)13(18)16-5-4-15-10(3)7-16;/h6,8-10,15H,4-5,7H2,1-3H3;1H. The first-order chi connectivity index (χ1) is 8.49. The molecular formula is C13H21BrClN3O. The van der Waals surface area contributed by atoms with Crippen LogP contribution in [0, 0.1) is 0 Å². The number of hydrogen-bond acceptors (Lipinski definition) is 2. The zero-order chi connectivity index (χ0) is 13.3. The van der Waals surface area contributed by atoms with E-state index in [0.29, 0.717) is 6.04 Å². The maximum atomic E-state index is 12.5. The van der Waals surface area contributed by atoms with E-state index in [4.69, 9.17) is 0 Å². The van der Waals surface area contributed by atoms with E-state index >= 15 is 0 Å². The Hall–Kier alpha value is -0.520. The van der Waals surface area contributed by atoms with Gasteiger partial charge in [-0.2, -0.15) is 0 Å². The molecule has 4 nitrogen and oxygen atoms in total. The number of carbonyl (C=O) groups excluding carboxylic acids is 1. The highest BCUT2D eigenvalue weighted by molar-refractivity contribution is 9.10. The number of halogens is 2. The van der Waals surface area contributed by atoms with E-state index in [1.54, 1.807) is 0 Å². The van der Waals surface area contributed by atoms with Crippen LogP contribution in [0.25, 0.3) is 0 Å². The molecule has 2 heterocycles. The number of nitrogens with zero attached hydrogens (tertiary/aromatic N) is 2. The lowest BCUT2D eigenvalue weighted by Gasteiger charge is -2.32. The van der Waals surface area contributed by atoms with Crippen LogP contribution in [0.3, 0.4) is 0 Å². The first kappa shape index (κ1) is 16.5. The number of amides is 1. The fourth-order valence-electron chi connectivity index (χ4n) is 2.32. The summed E-state index contributed by atoms with van der Waals surface area (Å²) >= 11 is 3.45. The van der Waals surface area contributed by atoms with Gasteiger partial charge in [0, 0.05) is 42.4 Å². The van der Waals surface area contributed by atoms with E-state index in [1.165, 1.54) is 0 Å². The van der Waals surface area contributed by atoms with E-state index in [2.05, 4.69) is 42.0 Å². The molecule has 1 aliphatic heterocycles. The summed E-state index contributed by atoms with van der Waals surface area (Å²) in [6, 6.07) is 2.57. The summed E-state index contributed by atoms with van der Waals surface area (Å²) in [6.07, 6.45) is 1.98. The lowest BCUT2D eigenvalue weighted by molar-refractivity contribution is 0.0696. The summed E-state index contributed by atoms with van der Waals surface area (Å²) in [5, 5.41) is 3.35. The zero-order valence-corrected chi connectivity index (χ0v) is 13.9. The maximum absolute atomic E-state index is 12.5. The van der Waals surface area contributed by atoms with Crippen molar-refractivity contribution in [1.82, 2.24) is 14.8 Å². The van der Waals surface area contributed by atoms with Crippen molar-refractivity contribution in [3.63, 3.8) is 0 Å². The molecule has 1 aromatic heterocycles. The second-order valence-electron chi connectivity index (χ2n) is 5.15. The molecule has 0 aromatic carbocycles. The van der Waals surface area contributed by atoms with Crippen molar-refractivity contribution in [2.24, 2.45) is 0 Å². The molecule has 1 fully saturated rings. The first-order valence-corrected chi connectivity index (χ1v) is 7.18. The normalized spacial score (nSPS) is 19.4. The van der Waals surface area contributed by atoms with Gasteiger partial charge < -0.3 is 14.8 Å². The van der Waals surface area contributed by atoms with Gasteiger partial charge in [-0.15, -0.1) is 12.4 Å². The van der Waals surface area contributed by atoms with Gasteiger partial charge >= 0.3 is 0 Å². The third kappa shape index (κ3) is 3.74. The van der Waals surface area contributed by atoms with E-state index in [1.807, 2.05) is 21.7 Å². The summed E-state index contributed by atoms with van der Waals surface area (Å²) in [6.45, 7) is 8.71. The molecule has 1 unspecified atom stereocenters. The van der Waals surface area contributed by atoms with Crippen LogP contribution in [0.4, 0.5) is 0 Å². The number of piperazine rings is 1. The minimum atomic E-state index is 0. The fraction of sp³-hybridized carbons (Fsp3) is 0.615. The quantitative estimate of drug-likeness (QED) is 0.890. The third-order valence-corrected chi connectivity index (χ3v) is 3.68. The summed E-state index contributed by atoms with van der Waals surface area (Å²) in [4.78, 5) is 14.5. The number of carbonyl (C=O) groups is 1. The van der Waals surface area contributed by atoms with Crippen LogP contribution in [-0.2, 0) is 0 Å². The van der Waals surface area contributed by atoms with Crippen LogP contribution in [0.1, 0.15) is 37.3 Å². The molecule has 1 N–H and O–H groups in total. The second-order valence-corrected chi connectivity index (χ2v) is 6.07. The topological polar surface area (TPSA) is 37.3 Å². The Bertz CT molecular complexity index is 447. The highest BCUT2D eigenvalue weighted by atomic mass is 79.9. The first-order valence-electron chi connectivity index (χ1n) is 6.39. The van der Waals surface area contributed by atoms with Crippen LogP contribution in [-0.4, -0.2) is 41.1 Å². The molecule has 0 bridgehead atoms. The average Bonchev–Trinajstić information content (AvgIpc) is 2.70. The lowest BCUT2D eigenvalue weighted by Crippen LogP contribution is -2.51. The van der Waals surface area contributed by atoms with Crippen molar-refractivity contribution in [3.8, 4) is 0 Å². The minimum absolute atomic E-state index is 0. The second kappa shape index (κ2) is 6.77. The number of aromatic nitrogens is 1. The van der Waals surface area contributed by atoms with Crippen LogP contribution in [0.15, 0.2) is 16.7 Å². The van der Waals surface area contributed by atoms with Crippen molar-refractivity contribution in [1.29, 1.82) is 0 Å². The van der Waals surface area contributed by atoms with Gasteiger partial charge in [-0.3, -0.25) is 4.79 Å². The molecule has 0 saturated carbocycles.